The molecular formula is C18H20FN3O3S. The second kappa shape index (κ2) is 8.27. The fraction of sp³-hybridized carbons (Fsp3) is 0.389. The second-order valence-corrected chi connectivity index (χ2v) is 7.04. The lowest BCUT2D eigenvalue weighted by atomic mass is 9.97. The van der Waals surface area contributed by atoms with Crippen LogP contribution in [0.1, 0.15) is 19.8 Å². The first-order valence-corrected chi connectivity index (χ1v) is 9.32. The summed E-state index contributed by atoms with van der Waals surface area (Å²) in [6.45, 7) is 3.01. The summed E-state index contributed by atoms with van der Waals surface area (Å²) < 4.78 is 18.3. The molecule has 1 atom stereocenters. The Morgan fingerprint density at radius 2 is 2.31 bits per heavy atom. The van der Waals surface area contributed by atoms with Crippen LogP contribution in [0.15, 0.2) is 30.5 Å². The maximum atomic E-state index is 13.3. The molecule has 0 aliphatic carbocycles. The van der Waals surface area contributed by atoms with Crippen LogP contribution in [0.5, 0.6) is 0 Å². The number of nitrogens with zero attached hydrogens (tertiary/aromatic N) is 2. The summed E-state index contributed by atoms with van der Waals surface area (Å²) in [5.41, 5.74) is 0.717. The van der Waals surface area contributed by atoms with Gasteiger partial charge in [-0.25, -0.2) is 14.2 Å². The van der Waals surface area contributed by atoms with Crippen LogP contribution in [-0.4, -0.2) is 41.6 Å². The number of aromatic nitrogens is 1. The molecule has 0 bridgehead atoms. The van der Waals surface area contributed by atoms with Crippen molar-refractivity contribution in [3.63, 3.8) is 0 Å². The number of ether oxygens (including phenoxy) is 1. The summed E-state index contributed by atoms with van der Waals surface area (Å²) in [5, 5.41) is 3.26. The molecule has 2 aromatic rings. The van der Waals surface area contributed by atoms with Gasteiger partial charge in [-0.15, -0.1) is 0 Å². The molecule has 1 saturated heterocycles. The summed E-state index contributed by atoms with van der Waals surface area (Å²) in [6, 6.07) is 6.23. The van der Waals surface area contributed by atoms with E-state index in [-0.39, 0.29) is 23.7 Å². The monoisotopic (exact) mass is 377 g/mol. The third-order valence-electron chi connectivity index (χ3n) is 4.16. The highest BCUT2D eigenvalue weighted by Crippen LogP contribution is 2.30. The van der Waals surface area contributed by atoms with Crippen molar-refractivity contribution < 1.29 is 18.7 Å². The van der Waals surface area contributed by atoms with Gasteiger partial charge in [0.25, 0.3) is 0 Å². The molecule has 0 radical (unpaired) electrons. The normalized spacial score (nSPS) is 17.0. The molecule has 26 heavy (non-hydrogen) atoms. The van der Waals surface area contributed by atoms with Gasteiger partial charge in [0.2, 0.25) is 5.91 Å². The van der Waals surface area contributed by atoms with Crippen molar-refractivity contribution in [1.82, 2.24) is 9.88 Å². The molecule has 0 saturated carbocycles. The van der Waals surface area contributed by atoms with Crippen molar-refractivity contribution >= 4 is 28.5 Å². The van der Waals surface area contributed by atoms with Crippen molar-refractivity contribution in [1.29, 1.82) is 0 Å². The van der Waals surface area contributed by atoms with Gasteiger partial charge in [0.1, 0.15) is 5.82 Å². The Morgan fingerprint density at radius 3 is 3.08 bits per heavy atom. The first kappa shape index (κ1) is 18.3. The average molecular weight is 377 g/mol. The number of carbonyl (C=O) groups is 2. The van der Waals surface area contributed by atoms with Gasteiger partial charge in [-0.3, -0.25) is 4.79 Å². The molecule has 0 spiro atoms. The zero-order valence-corrected chi connectivity index (χ0v) is 15.2. The molecule has 138 valence electrons. The number of thiazole rings is 1. The van der Waals surface area contributed by atoms with Gasteiger partial charge >= 0.3 is 6.09 Å². The van der Waals surface area contributed by atoms with Crippen molar-refractivity contribution in [2.24, 2.45) is 5.92 Å². The number of hydrogen-bond donors (Lipinski definition) is 1. The SMILES string of the molecule is CCOC(=O)N1CCCC(C(=O)Nc2ncc(-c3cccc(F)c3)s2)C1. The Bertz CT molecular complexity index is 795. The van der Waals surface area contributed by atoms with Crippen LogP contribution < -0.4 is 5.32 Å². The van der Waals surface area contributed by atoms with E-state index in [1.54, 1.807) is 30.2 Å². The van der Waals surface area contributed by atoms with Crippen LogP contribution in [0.3, 0.4) is 0 Å². The molecule has 2 amide bonds. The molecule has 1 fully saturated rings. The van der Waals surface area contributed by atoms with Gasteiger partial charge in [0.05, 0.1) is 17.4 Å². The highest BCUT2D eigenvalue weighted by molar-refractivity contribution is 7.19. The molecule has 1 N–H and O–H groups in total. The summed E-state index contributed by atoms with van der Waals surface area (Å²) in [5.74, 6) is -0.781. The first-order valence-electron chi connectivity index (χ1n) is 8.51. The fourth-order valence-electron chi connectivity index (χ4n) is 2.89. The average Bonchev–Trinajstić information content (AvgIpc) is 3.10. The molecule has 2 heterocycles. The summed E-state index contributed by atoms with van der Waals surface area (Å²) in [6.07, 6.45) is 2.70. The number of anilines is 1. The fourth-order valence-corrected chi connectivity index (χ4v) is 3.70. The number of rotatable bonds is 4. The number of carbonyl (C=O) groups excluding carboxylic acids is 2. The Hall–Kier alpha value is -2.48. The van der Waals surface area contributed by atoms with Crippen LogP contribution >= 0.6 is 11.3 Å². The van der Waals surface area contributed by atoms with Crippen molar-refractivity contribution in [2.45, 2.75) is 19.8 Å². The predicted molar refractivity (Wildman–Crippen MR) is 97.5 cm³/mol. The molecule has 1 aliphatic rings. The van der Waals surface area contributed by atoms with Crippen LogP contribution in [0, 0.1) is 11.7 Å². The standard InChI is InChI=1S/C18H20FN3O3S/c1-2-25-18(24)22-8-4-6-13(11-22)16(23)21-17-20-10-15(26-17)12-5-3-7-14(19)9-12/h3,5,7,9-10,13H,2,4,6,8,11H2,1H3,(H,20,21,23). The maximum Gasteiger partial charge on any atom is 0.409 e. The summed E-state index contributed by atoms with van der Waals surface area (Å²) >= 11 is 1.29. The van der Waals surface area contributed by atoms with E-state index in [9.17, 15) is 14.0 Å². The third kappa shape index (κ3) is 4.37. The molecule has 1 aromatic carbocycles. The zero-order chi connectivity index (χ0) is 18.5. The van der Waals surface area contributed by atoms with Gasteiger partial charge < -0.3 is 15.0 Å². The lowest BCUT2D eigenvalue weighted by Crippen LogP contribution is -2.44. The molecule has 3 rings (SSSR count). The number of nitrogens with one attached hydrogen (secondary N) is 1. The number of piperidine rings is 1. The van der Waals surface area contributed by atoms with Crippen molar-refractivity contribution in [3.05, 3.63) is 36.3 Å². The van der Waals surface area contributed by atoms with E-state index in [1.807, 2.05) is 0 Å². The minimum absolute atomic E-state index is 0.167. The molecule has 1 aliphatic heterocycles. The molecule has 6 nitrogen and oxygen atoms in total. The smallest absolute Gasteiger partial charge is 0.409 e. The molecule has 8 heteroatoms. The largest absolute Gasteiger partial charge is 0.450 e. The van der Waals surface area contributed by atoms with Crippen LogP contribution in [0.2, 0.25) is 0 Å². The Morgan fingerprint density at radius 1 is 1.46 bits per heavy atom. The van der Waals surface area contributed by atoms with Crippen molar-refractivity contribution in [3.8, 4) is 10.4 Å². The van der Waals surface area contributed by atoms with Crippen LogP contribution in [0.25, 0.3) is 10.4 Å². The Kier molecular flexibility index (Phi) is 5.82. The van der Waals surface area contributed by atoms with Crippen LogP contribution in [0.4, 0.5) is 14.3 Å². The molecule has 1 aromatic heterocycles. The number of halogens is 1. The van der Waals surface area contributed by atoms with E-state index >= 15 is 0 Å². The lowest BCUT2D eigenvalue weighted by molar-refractivity contribution is -0.121. The maximum absolute atomic E-state index is 13.3. The van der Waals surface area contributed by atoms with E-state index in [1.165, 1.54) is 23.5 Å². The number of likely N-dealkylation sites (tertiary alicyclic amines) is 1. The van der Waals surface area contributed by atoms with Gasteiger partial charge in [-0.2, -0.15) is 0 Å². The van der Waals surface area contributed by atoms with Gasteiger partial charge in [-0.05, 0) is 37.5 Å². The Balaban J connectivity index is 1.62. The van der Waals surface area contributed by atoms with Gasteiger partial charge in [0.15, 0.2) is 5.13 Å². The highest BCUT2D eigenvalue weighted by Gasteiger charge is 2.29. The van der Waals surface area contributed by atoms with E-state index < -0.39 is 0 Å². The zero-order valence-electron chi connectivity index (χ0n) is 14.4. The Labute approximate surface area is 155 Å². The highest BCUT2D eigenvalue weighted by atomic mass is 32.1. The molecular weight excluding hydrogens is 357 g/mol. The summed E-state index contributed by atoms with van der Waals surface area (Å²) in [7, 11) is 0. The predicted octanol–water partition coefficient (Wildman–Crippen LogP) is 3.76. The van der Waals surface area contributed by atoms with Gasteiger partial charge in [0, 0.05) is 19.3 Å². The number of amides is 2. The quantitative estimate of drug-likeness (QED) is 0.881. The third-order valence-corrected chi connectivity index (χ3v) is 5.12. The minimum atomic E-state index is -0.382. The lowest BCUT2D eigenvalue weighted by Gasteiger charge is -2.30. The first-order chi connectivity index (χ1) is 12.6. The van der Waals surface area contributed by atoms with Crippen molar-refractivity contribution in [2.75, 3.05) is 25.0 Å². The van der Waals surface area contributed by atoms with Crippen LogP contribution in [-0.2, 0) is 9.53 Å². The topological polar surface area (TPSA) is 71.5 Å². The number of hydrogen-bond acceptors (Lipinski definition) is 5. The molecule has 1 unspecified atom stereocenters. The van der Waals surface area contributed by atoms with E-state index in [2.05, 4.69) is 10.3 Å². The van der Waals surface area contributed by atoms with Gasteiger partial charge in [-0.1, -0.05) is 23.5 Å². The van der Waals surface area contributed by atoms with E-state index in [4.69, 9.17) is 4.74 Å². The van der Waals surface area contributed by atoms with E-state index in [0.717, 1.165) is 11.3 Å². The minimum Gasteiger partial charge on any atom is -0.450 e. The second-order valence-electron chi connectivity index (χ2n) is 6.01. The summed E-state index contributed by atoms with van der Waals surface area (Å²) in [4.78, 5) is 30.9. The number of benzene rings is 1. The van der Waals surface area contributed by atoms with E-state index in [0.29, 0.717) is 36.8 Å².